The molecule has 2 fully saturated rings. The molecule has 6 nitrogen and oxygen atoms in total. The number of aromatic nitrogens is 3. The first-order chi connectivity index (χ1) is 13.2. The Balaban J connectivity index is 1.85. The maximum absolute atomic E-state index is 13.8. The first-order valence-electron chi connectivity index (χ1n) is 9.57. The van der Waals surface area contributed by atoms with Gasteiger partial charge in [0.05, 0.1) is 10.9 Å². The normalized spacial score (nSPS) is 21.4. The van der Waals surface area contributed by atoms with Gasteiger partial charge in [-0.1, -0.05) is 0 Å². The Hall–Kier alpha value is -2.16. The fourth-order valence-electron chi connectivity index (χ4n) is 4.14. The fourth-order valence-corrected chi connectivity index (χ4v) is 4.14. The predicted molar refractivity (Wildman–Crippen MR) is 98.4 cm³/mol. The molecule has 2 aromatic rings. The molecule has 0 aromatic carbocycles. The van der Waals surface area contributed by atoms with Gasteiger partial charge in [-0.15, -0.1) is 0 Å². The van der Waals surface area contributed by atoms with Crippen molar-refractivity contribution in [2.24, 2.45) is 20.0 Å². The van der Waals surface area contributed by atoms with E-state index in [1.165, 1.54) is 26.9 Å². The number of nitrogens with zero attached hydrogens (tertiary/aromatic N) is 4. The van der Waals surface area contributed by atoms with Gasteiger partial charge >= 0.3 is 11.9 Å². The molecule has 1 atom stereocenters. The highest BCUT2D eigenvalue weighted by Crippen LogP contribution is 2.37. The van der Waals surface area contributed by atoms with E-state index in [2.05, 4.69) is 9.88 Å². The molecule has 152 valence electrons. The quantitative estimate of drug-likeness (QED) is 0.799. The van der Waals surface area contributed by atoms with Crippen LogP contribution < -0.4 is 11.2 Å². The number of halogens is 3. The van der Waals surface area contributed by atoms with Gasteiger partial charge in [0.25, 0.3) is 5.56 Å². The smallest absolute Gasteiger partial charge is 0.302 e. The van der Waals surface area contributed by atoms with E-state index in [9.17, 15) is 22.8 Å². The third-order valence-electron chi connectivity index (χ3n) is 5.87. The lowest BCUT2D eigenvalue weighted by molar-refractivity contribution is -0.136. The van der Waals surface area contributed by atoms with Crippen LogP contribution in [0.3, 0.4) is 0 Å². The number of alkyl halides is 3. The highest BCUT2D eigenvalue weighted by molar-refractivity contribution is 5.79. The van der Waals surface area contributed by atoms with Crippen molar-refractivity contribution in [3.63, 3.8) is 0 Å². The summed E-state index contributed by atoms with van der Waals surface area (Å²) in [6.07, 6.45) is -0.621. The molecule has 9 heteroatoms. The summed E-state index contributed by atoms with van der Waals surface area (Å²) in [5.41, 5.74) is -2.55. The summed E-state index contributed by atoms with van der Waals surface area (Å²) in [4.78, 5) is 31.4. The van der Waals surface area contributed by atoms with Gasteiger partial charge in [-0.25, -0.2) is 9.78 Å². The van der Waals surface area contributed by atoms with Gasteiger partial charge in [0.1, 0.15) is 5.65 Å². The van der Waals surface area contributed by atoms with Crippen molar-refractivity contribution in [3.05, 3.63) is 38.2 Å². The molecule has 0 amide bonds. The van der Waals surface area contributed by atoms with E-state index in [0.29, 0.717) is 22.7 Å². The van der Waals surface area contributed by atoms with Gasteiger partial charge in [-0.2, -0.15) is 13.2 Å². The van der Waals surface area contributed by atoms with Crippen molar-refractivity contribution < 1.29 is 13.2 Å². The zero-order valence-electron chi connectivity index (χ0n) is 15.9. The van der Waals surface area contributed by atoms with Crippen LogP contribution in [0.5, 0.6) is 0 Å². The molecule has 1 aliphatic carbocycles. The summed E-state index contributed by atoms with van der Waals surface area (Å²) in [6, 6.07) is 1.01. The number of hydrogen-bond acceptors (Lipinski definition) is 4. The van der Waals surface area contributed by atoms with Crippen molar-refractivity contribution in [2.75, 3.05) is 19.6 Å². The van der Waals surface area contributed by atoms with Crippen molar-refractivity contribution in [2.45, 2.75) is 37.8 Å². The van der Waals surface area contributed by atoms with Crippen LogP contribution in [0.25, 0.3) is 11.0 Å². The van der Waals surface area contributed by atoms with E-state index in [4.69, 9.17) is 0 Å². The van der Waals surface area contributed by atoms with Crippen LogP contribution in [0.15, 0.2) is 15.7 Å². The van der Waals surface area contributed by atoms with Crippen molar-refractivity contribution in [1.82, 2.24) is 19.0 Å². The number of pyridine rings is 1. The number of fused-ring (bicyclic) bond motifs is 1. The van der Waals surface area contributed by atoms with Crippen molar-refractivity contribution in [1.29, 1.82) is 0 Å². The molecule has 1 saturated carbocycles. The molecule has 1 aliphatic heterocycles. The average molecular weight is 396 g/mol. The van der Waals surface area contributed by atoms with Crippen LogP contribution in [0.4, 0.5) is 13.2 Å². The lowest BCUT2D eigenvalue weighted by atomic mass is 9.92. The van der Waals surface area contributed by atoms with E-state index in [1.807, 2.05) is 0 Å². The number of likely N-dealkylation sites (tertiary alicyclic amines) is 1. The summed E-state index contributed by atoms with van der Waals surface area (Å²) >= 11 is 0. The minimum Gasteiger partial charge on any atom is -0.302 e. The summed E-state index contributed by atoms with van der Waals surface area (Å²) in [6.45, 7) is 2.59. The third-order valence-corrected chi connectivity index (χ3v) is 5.87. The van der Waals surface area contributed by atoms with Gasteiger partial charge < -0.3 is 4.90 Å². The minimum atomic E-state index is -4.71. The van der Waals surface area contributed by atoms with E-state index >= 15 is 0 Å². The van der Waals surface area contributed by atoms with Crippen LogP contribution in [0.1, 0.15) is 42.9 Å². The summed E-state index contributed by atoms with van der Waals surface area (Å²) in [5, 5.41) is -0.550. The van der Waals surface area contributed by atoms with E-state index in [-0.39, 0.29) is 11.6 Å². The molecule has 1 saturated heterocycles. The van der Waals surface area contributed by atoms with Gasteiger partial charge in [-0.05, 0) is 44.2 Å². The second-order valence-corrected chi connectivity index (χ2v) is 8.04. The summed E-state index contributed by atoms with van der Waals surface area (Å²) in [5.74, 6) is 0.565. The lowest BCUT2D eigenvalue weighted by Gasteiger charge is -2.32. The molecule has 0 radical (unpaired) electrons. The standard InChI is InChI=1S/C19H23F3N4O2/c1-24-16-15(17(27)25(2)18(24)28)13(19(20,21)22)8-14(23-16)12-4-3-7-26(10-12)9-11-5-6-11/h8,11-12H,3-7,9-10H2,1-2H3/t12-/m1/s1. The van der Waals surface area contributed by atoms with Gasteiger partial charge in [0.15, 0.2) is 0 Å². The molecule has 0 spiro atoms. The second kappa shape index (κ2) is 6.72. The number of hydrogen-bond donors (Lipinski definition) is 0. The molecular weight excluding hydrogens is 373 g/mol. The minimum absolute atomic E-state index is 0.142. The van der Waals surface area contributed by atoms with Gasteiger partial charge in [0, 0.05) is 38.8 Å². The van der Waals surface area contributed by atoms with Gasteiger partial charge in [0.2, 0.25) is 0 Å². The summed E-state index contributed by atoms with van der Waals surface area (Å²) in [7, 11) is 2.52. The highest BCUT2D eigenvalue weighted by Gasteiger charge is 2.37. The molecule has 28 heavy (non-hydrogen) atoms. The maximum atomic E-state index is 13.8. The Morgan fingerprint density at radius 1 is 1.14 bits per heavy atom. The topological polar surface area (TPSA) is 60.1 Å². The molecule has 0 bridgehead atoms. The Morgan fingerprint density at radius 2 is 1.86 bits per heavy atom. The van der Waals surface area contributed by atoms with Crippen LogP contribution in [0, 0.1) is 5.92 Å². The number of rotatable bonds is 3. The largest absolute Gasteiger partial charge is 0.417 e. The monoisotopic (exact) mass is 396 g/mol. The predicted octanol–water partition coefficient (Wildman–Crippen LogP) is 2.24. The summed E-state index contributed by atoms with van der Waals surface area (Å²) < 4.78 is 43.1. The van der Waals surface area contributed by atoms with E-state index in [1.54, 1.807) is 0 Å². The SMILES string of the molecule is Cn1c(=O)c2c(C(F)(F)F)cc([C@@H]3CCCN(CC4CC4)C3)nc2n(C)c1=O. The second-order valence-electron chi connectivity index (χ2n) is 8.04. The average Bonchev–Trinajstić information content (AvgIpc) is 3.47. The Morgan fingerprint density at radius 3 is 2.50 bits per heavy atom. The zero-order chi connectivity index (χ0) is 20.2. The van der Waals surface area contributed by atoms with Crippen molar-refractivity contribution in [3.8, 4) is 0 Å². The molecule has 0 unspecified atom stereocenters. The van der Waals surface area contributed by atoms with Crippen LogP contribution in [-0.2, 0) is 20.3 Å². The number of aryl methyl sites for hydroxylation is 1. The molecule has 4 rings (SSSR count). The van der Waals surface area contributed by atoms with Crippen molar-refractivity contribution >= 4 is 11.0 Å². The third kappa shape index (κ3) is 3.36. The first-order valence-corrected chi connectivity index (χ1v) is 9.57. The van der Waals surface area contributed by atoms with Crippen LogP contribution >= 0.6 is 0 Å². The Bertz CT molecular complexity index is 1040. The lowest BCUT2D eigenvalue weighted by Crippen LogP contribution is -2.39. The van der Waals surface area contributed by atoms with Crippen LogP contribution in [0.2, 0.25) is 0 Å². The van der Waals surface area contributed by atoms with Crippen LogP contribution in [-0.4, -0.2) is 38.7 Å². The molecule has 2 aromatic heterocycles. The maximum Gasteiger partial charge on any atom is 0.417 e. The first kappa shape index (κ1) is 19.2. The highest BCUT2D eigenvalue weighted by atomic mass is 19.4. The molecule has 2 aliphatic rings. The van der Waals surface area contributed by atoms with Gasteiger partial charge in [-0.3, -0.25) is 13.9 Å². The fraction of sp³-hybridized carbons (Fsp3) is 0.632. The Labute approximate surface area is 159 Å². The Kier molecular flexibility index (Phi) is 4.60. The molecular formula is C19H23F3N4O2. The molecule has 0 N–H and O–H groups in total. The van der Waals surface area contributed by atoms with E-state index in [0.717, 1.165) is 36.6 Å². The number of piperidine rings is 1. The zero-order valence-corrected chi connectivity index (χ0v) is 15.9. The molecule has 3 heterocycles. The van der Waals surface area contributed by atoms with E-state index < -0.39 is 28.4 Å².